The lowest BCUT2D eigenvalue weighted by molar-refractivity contribution is -0.0212. The summed E-state index contributed by atoms with van der Waals surface area (Å²) in [5, 5.41) is 6.67. The Morgan fingerprint density at radius 1 is 1.15 bits per heavy atom. The molecule has 7 nitrogen and oxygen atoms in total. The molecule has 0 spiro atoms. The first-order valence-corrected chi connectivity index (χ1v) is 11.4. The van der Waals surface area contributed by atoms with Crippen LogP contribution in [0.15, 0.2) is 47.5 Å². The van der Waals surface area contributed by atoms with Gasteiger partial charge in [0.25, 0.3) is 0 Å². The number of guanidine groups is 1. The number of rotatable bonds is 9. The van der Waals surface area contributed by atoms with Gasteiger partial charge in [-0.05, 0) is 44.0 Å². The highest BCUT2D eigenvalue weighted by atomic mass is 127. The number of nitrogens with one attached hydrogen (secondary N) is 2. The van der Waals surface area contributed by atoms with Gasteiger partial charge in [0.1, 0.15) is 0 Å². The fourth-order valence-electron chi connectivity index (χ4n) is 3.75. The molecule has 0 amide bonds. The van der Waals surface area contributed by atoms with Gasteiger partial charge in [0.05, 0.1) is 33.0 Å². The number of methoxy groups -OCH3 is 1. The van der Waals surface area contributed by atoms with Crippen molar-refractivity contribution in [1.29, 1.82) is 0 Å². The maximum absolute atomic E-state index is 5.65. The predicted molar refractivity (Wildman–Crippen MR) is 145 cm³/mol. The van der Waals surface area contributed by atoms with Crippen molar-refractivity contribution in [2.45, 2.75) is 40.0 Å². The van der Waals surface area contributed by atoms with Crippen LogP contribution < -0.4 is 20.1 Å². The van der Waals surface area contributed by atoms with E-state index in [1.54, 1.807) is 7.11 Å². The van der Waals surface area contributed by atoms with Crippen LogP contribution in [0, 0.1) is 0 Å². The van der Waals surface area contributed by atoms with Crippen molar-refractivity contribution in [3.8, 4) is 11.5 Å². The Morgan fingerprint density at radius 2 is 1.97 bits per heavy atom. The van der Waals surface area contributed by atoms with E-state index >= 15 is 0 Å². The summed E-state index contributed by atoms with van der Waals surface area (Å²) in [5.74, 6) is 2.15. The summed E-state index contributed by atoms with van der Waals surface area (Å²) >= 11 is 0. The Kier molecular flexibility index (Phi) is 11.8. The molecule has 1 saturated heterocycles. The Hall–Kier alpha value is -2.04. The largest absolute Gasteiger partial charge is 0.493 e. The zero-order valence-electron chi connectivity index (χ0n) is 20.1. The van der Waals surface area contributed by atoms with E-state index in [1.165, 1.54) is 11.1 Å². The molecule has 8 heteroatoms. The minimum Gasteiger partial charge on any atom is -0.493 e. The van der Waals surface area contributed by atoms with Crippen LogP contribution in [0.25, 0.3) is 0 Å². The molecular formula is C25H37IN4O3. The molecule has 0 bridgehead atoms. The van der Waals surface area contributed by atoms with Crippen molar-refractivity contribution in [2.24, 2.45) is 4.99 Å². The second-order valence-electron chi connectivity index (χ2n) is 7.86. The van der Waals surface area contributed by atoms with E-state index in [4.69, 9.17) is 19.2 Å². The van der Waals surface area contributed by atoms with Crippen LogP contribution >= 0.6 is 24.0 Å². The lowest BCUT2D eigenvalue weighted by Crippen LogP contribution is -2.40. The highest BCUT2D eigenvalue weighted by Crippen LogP contribution is 2.30. The Labute approximate surface area is 214 Å². The van der Waals surface area contributed by atoms with Crippen LogP contribution in [0.1, 0.15) is 31.9 Å². The van der Waals surface area contributed by atoms with Gasteiger partial charge in [-0.2, -0.15) is 0 Å². The number of aliphatic imine (C=N–C) groups is 1. The normalized spacial score (nSPS) is 16.6. The average Bonchev–Trinajstić information content (AvgIpc) is 2.79. The Balaban J connectivity index is 0.00000385. The fraction of sp³-hybridized carbons (Fsp3) is 0.480. The minimum atomic E-state index is 0. The Morgan fingerprint density at radius 3 is 2.70 bits per heavy atom. The molecule has 2 N–H and O–H groups in total. The number of hydrogen-bond acceptors (Lipinski definition) is 5. The molecule has 0 aromatic heterocycles. The summed E-state index contributed by atoms with van der Waals surface area (Å²) in [4.78, 5) is 7.23. The lowest BCUT2D eigenvalue weighted by atomic mass is 10.1. The van der Waals surface area contributed by atoms with E-state index < -0.39 is 0 Å². The molecule has 1 fully saturated rings. The maximum atomic E-state index is 5.65. The van der Waals surface area contributed by atoms with Gasteiger partial charge in [0.2, 0.25) is 0 Å². The standard InChI is InChI=1S/C25H36N4O3.HI/c1-5-26-25(28-22-10-11-23(31-6-2)24(15-22)30-4)27-16-20-8-7-9-21(14-20)18-29-12-13-32-19(3)17-29;/h7-11,14-15,19H,5-6,12-13,16-18H2,1-4H3,(H2,26,27,28);1H. The molecule has 182 valence electrons. The summed E-state index contributed by atoms with van der Waals surface area (Å²) in [6.45, 7) is 11.8. The number of benzene rings is 2. The molecule has 0 saturated carbocycles. The summed E-state index contributed by atoms with van der Waals surface area (Å²) in [6, 6.07) is 14.5. The molecule has 3 rings (SSSR count). The number of halogens is 1. The summed E-state index contributed by atoms with van der Waals surface area (Å²) in [7, 11) is 1.64. The van der Waals surface area contributed by atoms with E-state index in [-0.39, 0.29) is 24.0 Å². The first kappa shape index (κ1) is 27.2. The van der Waals surface area contributed by atoms with Gasteiger partial charge in [0.15, 0.2) is 17.5 Å². The van der Waals surface area contributed by atoms with Crippen LogP contribution in [0.3, 0.4) is 0 Å². The zero-order chi connectivity index (χ0) is 22.8. The van der Waals surface area contributed by atoms with Crippen LogP contribution in [-0.2, 0) is 17.8 Å². The predicted octanol–water partition coefficient (Wildman–Crippen LogP) is 4.51. The highest BCUT2D eigenvalue weighted by Gasteiger charge is 2.16. The van der Waals surface area contributed by atoms with Crippen molar-refractivity contribution >= 4 is 35.6 Å². The summed E-state index contributed by atoms with van der Waals surface area (Å²) in [6.07, 6.45) is 0.298. The second kappa shape index (κ2) is 14.3. The Bertz CT molecular complexity index is 894. The molecule has 0 aliphatic carbocycles. The van der Waals surface area contributed by atoms with E-state index in [1.807, 2.05) is 25.1 Å². The van der Waals surface area contributed by atoms with Crippen LogP contribution in [-0.4, -0.2) is 56.9 Å². The second-order valence-corrected chi connectivity index (χ2v) is 7.86. The third-order valence-corrected chi connectivity index (χ3v) is 5.21. The molecule has 33 heavy (non-hydrogen) atoms. The molecule has 1 unspecified atom stereocenters. The SMILES string of the molecule is CCNC(=NCc1cccc(CN2CCOC(C)C2)c1)Nc1ccc(OCC)c(OC)c1.I. The van der Waals surface area contributed by atoms with E-state index in [0.29, 0.717) is 25.0 Å². The maximum Gasteiger partial charge on any atom is 0.196 e. The smallest absolute Gasteiger partial charge is 0.196 e. The van der Waals surface area contributed by atoms with E-state index in [0.717, 1.165) is 50.2 Å². The first-order chi connectivity index (χ1) is 15.6. The molecule has 0 radical (unpaired) electrons. The fourth-order valence-corrected chi connectivity index (χ4v) is 3.75. The van der Waals surface area contributed by atoms with Crippen molar-refractivity contribution in [3.63, 3.8) is 0 Å². The molecule has 1 aliphatic heterocycles. The van der Waals surface area contributed by atoms with E-state index in [2.05, 4.69) is 53.6 Å². The van der Waals surface area contributed by atoms with Crippen LogP contribution in [0.5, 0.6) is 11.5 Å². The van der Waals surface area contributed by atoms with Crippen molar-refractivity contribution in [3.05, 3.63) is 53.6 Å². The molecule has 2 aromatic rings. The van der Waals surface area contributed by atoms with Crippen LogP contribution in [0.2, 0.25) is 0 Å². The quantitative estimate of drug-likeness (QED) is 0.264. The monoisotopic (exact) mass is 568 g/mol. The van der Waals surface area contributed by atoms with Crippen molar-refractivity contribution in [1.82, 2.24) is 10.2 Å². The van der Waals surface area contributed by atoms with Crippen LogP contribution in [0.4, 0.5) is 5.69 Å². The molecule has 2 aromatic carbocycles. The number of nitrogens with zero attached hydrogens (tertiary/aromatic N) is 2. The number of anilines is 1. The topological polar surface area (TPSA) is 67.4 Å². The number of ether oxygens (including phenoxy) is 3. The zero-order valence-corrected chi connectivity index (χ0v) is 22.4. The molecular weight excluding hydrogens is 531 g/mol. The first-order valence-electron chi connectivity index (χ1n) is 11.4. The van der Waals surface area contributed by atoms with Gasteiger partial charge in [-0.15, -0.1) is 24.0 Å². The molecule has 1 atom stereocenters. The molecule has 1 heterocycles. The summed E-state index contributed by atoms with van der Waals surface area (Å²) < 4.78 is 16.7. The highest BCUT2D eigenvalue weighted by molar-refractivity contribution is 14.0. The number of hydrogen-bond donors (Lipinski definition) is 2. The van der Waals surface area contributed by atoms with E-state index in [9.17, 15) is 0 Å². The lowest BCUT2D eigenvalue weighted by Gasteiger charge is -2.31. The van der Waals surface area contributed by atoms with Gasteiger partial charge in [-0.25, -0.2) is 4.99 Å². The minimum absolute atomic E-state index is 0. The van der Waals surface area contributed by atoms with Crippen molar-refractivity contribution < 1.29 is 14.2 Å². The number of morpholine rings is 1. The average molecular weight is 569 g/mol. The summed E-state index contributed by atoms with van der Waals surface area (Å²) in [5.41, 5.74) is 3.38. The van der Waals surface area contributed by atoms with Crippen molar-refractivity contribution in [2.75, 3.05) is 45.3 Å². The third-order valence-electron chi connectivity index (χ3n) is 5.21. The van der Waals surface area contributed by atoms with Gasteiger partial charge in [-0.1, -0.05) is 24.3 Å². The van der Waals surface area contributed by atoms with Gasteiger partial charge in [0, 0.05) is 37.9 Å². The molecule has 1 aliphatic rings. The van der Waals surface area contributed by atoms with Gasteiger partial charge >= 0.3 is 0 Å². The van der Waals surface area contributed by atoms with Gasteiger partial charge < -0.3 is 24.8 Å². The van der Waals surface area contributed by atoms with Gasteiger partial charge in [-0.3, -0.25) is 4.90 Å². The third kappa shape index (κ3) is 8.68.